The lowest BCUT2D eigenvalue weighted by molar-refractivity contribution is 0.933. The summed E-state index contributed by atoms with van der Waals surface area (Å²) >= 11 is 5.98. The van der Waals surface area contributed by atoms with Crippen LogP contribution in [-0.2, 0) is 0 Å². The first-order valence-electron chi connectivity index (χ1n) is 3.90. The first kappa shape index (κ1) is 8.26. The summed E-state index contributed by atoms with van der Waals surface area (Å²) in [5, 5.41) is 0.628. The molecule has 13 heavy (non-hydrogen) atoms. The number of imidazole rings is 1. The molecule has 2 heterocycles. The van der Waals surface area contributed by atoms with Gasteiger partial charge in [0.1, 0.15) is 5.82 Å². The van der Waals surface area contributed by atoms with E-state index in [2.05, 4.69) is 9.97 Å². The number of aromatic nitrogens is 3. The molecule has 0 aromatic carbocycles. The van der Waals surface area contributed by atoms with Crippen LogP contribution in [-0.4, -0.2) is 14.5 Å². The molecule has 0 bridgehead atoms. The molecule has 4 heteroatoms. The number of nitrogens with zero attached hydrogens (tertiary/aromatic N) is 3. The molecule has 0 amide bonds. The summed E-state index contributed by atoms with van der Waals surface area (Å²) in [6.45, 7) is 1.91. The van der Waals surface area contributed by atoms with Crippen LogP contribution in [0, 0.1) is 6.92 Å². The summed E-state index contributed by atoms with van der Waals surface area (Å²) in [7, 11) is 0. The van der Waals surface area contributed by atoms with Crippen molar-refractivity contribution in [3.05, 3.63) is 41.6 Å². The molecule has 2 aromatic heterocycles. The Balaban J connectivity index is 2.59. The quantitative estimate of drug-likeness (QED) is 0.696. The van der Waals surface area contributed by atoms with Gasteiger partial charge in [-0.05, 0) is 19.1 Å². The second-order valence-electron chi connectivity index (χ2n) is 2.65. The second kappa shape index (κ2) is 3.18. The fraction of sp³-hybridized carbons (Fsp3) is 0.111. The fourth-order valence-electron chi connectivity index (χ4n) is 1.16. The standard InChI is InChI=1S/C9H8ClN3/c1-7-11-5-6-13(7)9-8(10)3-2-4-12-9/h2-6H,1H3. The summed E-state index contributed by atoms with van der Waals surface area (Å²) in [6, 6.07) is 3.61. The van der Waals surface area contributed by atoms with Crippen molar-refractivity contribution in [3.8, 4) is 5.82 Å². The topological polar surface area (TPSA) is 30.7 Å². The maximum Gasteiger partial charge on any atom is 0.156 e. The fourth-order valence-corrected chi connectivity index (χ4v) is 1.37. The summed E-state index contributed by atoms with van der Waals surface area (Å²) in [5.74, 6) is 1.60. The Kier molecular flexibility index (Phi) is 2.02. The van der Waals surface area contributed by atoms with Gasteiger partial charge in [0.15, 0.2) is 5.82 Å². The smallest absolute Gasteiger partial charge is 0.156 e. The van der Waals surface area contributed by atoms with E-state index < -0.39 is 0 Å². The second-order valence-corrected chi connectivity index (χ2v) is 3.06. The van der Waals surface area contributed by atoms with E-state index in [4.69, 9.17) is 11.6 Å². The molecule has 0 aliphatic rings. The lowest BCUT2D eigenvalue weighted by atomic mass is 10.4. The van der Waals surface area contributed by atoms with Gasteiger partial charge in [0.2, 0.25) is 0 Å². The Bertz CT molecular complexity index is 422. The lowest BCUT2D eigenvalue weighted by Gasteiger charge is -2.04. The molecule has 0 aliphatic carbocycles. The van der Waals surface area contributed by atoms with E-state index in [1.54, 1.807) is 18.5 Å². The minimum atomic E-state index is 0.628. The number of pyridine rings is 1. The highest BCUT2D eigenvalue weighted by Gasteiger charge is 2.04. The Labute approximate surface area is 81.0 Å². The van der Waals surface area contributed by atoms with Gasteiger partial charge in [-0.1, -0.05) is 11.6 Å². The zero-order valence-corrected chi connectivity index (χ0v) is 7.86. The maximum absolute atomic E-state index is 5.98. The molecule has 0 saturated carbocycles. The average Bonchev–Trinajstić information content (AvgIpc) is 2.52. The van der Waals surface area contributed by atoms with Crippen molar-refractivity contribution in [3.63, 3.8) is 0 Å². The Morgan fingerprint density at radius 3 is 2.77 bits per heavy atom. The first-order valence-corrected chi connectivity index (χ1v) is 4.27. The molecule has 0 N–H and O–H groups in total. The van der Waals surface area contributed by atoms with Gasteiger partial charge in [0.05, 0.1) is 5.02 Å². The number of hydrogen-bond donors (Lipinski definition) is 0. The minimum Gasteiger partial charge on any atom is -0.287 e. The highest BCUT2D eigenvalue weighted by molar-refractivity contribution is 6.32. The highest BCUT2D eigenvalue weighted by Crippen LogP contribution is 2.17. The predicted molar refractivity (Wildman–Crippen MR) is 51.1 cm³/mol. The molecule has 66 valence electrons. The zero-order chi connectivity index (χ0) is 9.26. The van der Waals surface area contributed by atoms with Crippen LogP contribution in [0.4, 0.5) is 0 Å². The number of hydrogen-bond acceptors (Lipinski definition) is 2. The Morgan fingerprint density at radius 1 is 1.31 bits per heavy atom. The van der Waals surface area contributed by atoms with Crippen molar-refractivity contribution in [2.75, 3.05) is 0 Å². The van der Waals surface area contributed by atoms with E-state index in [-0.39, 0.29) is 0 Å². The minimum absolute atomic E-state index is 0.628. The maximum atomic E-state index is 5.98. The van der Waals surface area contributed by atoms with Gasteiger partial charge in [-0.15, -0.1) is 0 Å². The summed E-state index contributed by atoms with van der Waals surface area (Å²) in [4.78, 5) is 8.27. The third-order valence-corrected chi connectivity index (χ3v) is 2.09. The molecule has 0 radical (unpaired) electrons. The van der Waals surface area contributed by atoms with Crippen LogP contribution < -0.4 is 0 Å². The SMILES string of the molecule is Cc1nccn1-c1ncccc1Cl. The average molecular weight is 194 g/mol. The zero-order valence-electron chi connectivity index (χ0n) is 7.11. The number of aryl methyl sites for hydroxylation is 1. The Hall–Kier alpha value is -1.35. The van der Waals surface area contributed by atoms with Crippen LogP contribution in [0.3, 0.4) is 0 Å². The van der Waals surface area contributed by atoms with Crippen LogP contribution in [0.15, 0.2) is 30.7 Å². The van der Waals surface area contributed by atoms with Gasteiger partial charge >= 0.3 is 0 Å². The van der Waals surface area contributed by atoms with E-state index in [1.807, 2.05) is 23.8 Å². The van der Waals surface area contributed by atoms with Crippen molar-refractivity contribution < 1.29 is 0 Å². The third kappa shape index (κ3) is 1.42. The molecule has 2 aromatic rings. The largest absolute Gasteiger partial charge is 0.287 e. The van der Waals surface area contributed by atoms with Gasteiger partial charge in [0.25, 0.3) is 0 Å². The van der Waals surface area contributed by atoms with E-state index >= 15 is 0 Å². The van der Waals surface area contributed by atoms with Crippen LogP contribution in [0.5, 0.6) is 0 Å². The van der Waals surface area contributed by atoms with E-state index in [1.165, 1.54) is 0 Å². The van der Waals surface area contributed by atoms with Crippen molar-refractivity contribution in [2.45, 2.75) is 6.92 Å². The molecule has 0 aliphatic heterocycles. The van der Waals surface area contributed by atoms with Crippen LogP contribution >= 0.6 is 11.6 Å². The van der Waals surface area contributed by atoms with Gasteiger partial charge in [0, 0.05) is 18.6 Å². The lowest BCUT2D eigenvalue weighted by Crippen LogP contribution is -1.98. The Morgan fingerprint density at radius 2 is 2.15 bits per heavy atom. The third-order valence-electron chi connectivity index (χ3n) is 1.79. The van der Waals surface area contributed by atoms with Gasteiger partial charge in [-0.3, -0.25) is 4.57 Å². The molecular formula is C9H8ClN3. The molecule has 3 nitrogen and oxygen atoms in total. The summed E-state index contributed by atoms with van der Waals surface area (Å²) in [5.41, 5.74) is 0. The molecular weight excluding hydrogens is 186 g/mol. The monoisotopic (exact) mass is 193 g/mol. The van der Waals surface area contributed by atoms with Gasteiger partial charge < -0.3 is 0 Å². The van der Waals surface area contributed by atoms with Crippen molar-refractivity contribution in [1.82, 2.24) is 14.5 Å². The molecule has 0 saturated heterocycles. The van der Waals surface area contributed by atoms with Crippen LogP contribution in [0.1, 0.15) is 5.82 Å². The first-order chi connectivity index (χ1) is 6.29. The molecule has 0 fully saturated rings. The van der Waals surface area contributed by atoms with Gasteiger partial charge in [-0.25, -0.2) is 9.97 Å². The number of halogens is 1. The van der Waals surface area contributed by atoms with Crippen LogP contribution in [0.25, 0.3) is 5.82 Å². The van der Waals surface area contributed by atoms with E-state index in [0.29, 0.717) is 5.02 Å². The normalized spacial score (nSPS) is 10.3. The highest BCUT2D eigenvalue weighted by atomic mass is 35.5. The predicted octanol–water partition coefficient (Wildman–Crippen LogP) is 2.23. The van der Waals surface area contributed by atoms with E-state index in [0.717, 1.165) is 11.6 Å². The van der Waals surface area contributed by atoms with E-state index in [9.17, 15) is 0 Å². The van der Waals surface area contributed by atoms with Gasteiger partial charge in [-0.2, -0.15) is 0 Å². The molecule has 0 atom stereocenters. The van der Waals surface area contributed by atoms with Crippen molar-refractivity contribution >= 4 is 11.6 Å². The molecule has 2 rings (SSSR count). The molecule has 0 unspecified atom stereocenters. The van der Waals surface area contributed by atoms with Crippen LogP contribution in [0.2, 0.25) is 5.02 Å². The number of rotatable bonds is 1. The summed E-state index contributed by atoms with van der Waals surface area (Å²) < 4.78 is 1.85. The molecule has 0 spiro atoms. The van der Waals surface area contributed by atoms with Crippen molar-refractivity contribution in [2.24, 2.45) is 0 Å². The van der Waals surface area contributed by atoms with Crippen molar-refractivity contribution in [1.29, 1.82) is 0 Å². The summed E-state index contributed by atoms with van der Waals surface area (Å²) in [6.07, 6.45) is 5.27.